The van der Waals surface area contributed by atoms with Gasteiger partial charge in [-0.05, 0) is 29.5 Å². The van der Waals surface area contributed by atoms with Crippen LogP contribution in [0.25, 0.3) is 0 Å². The molecule has 1 aromatic rings. The third-order valence-electron chi connectivity index (χ3n) is 4.43. The normalized spacial score (nSPS) is 25.4. The molecule has 2 atom stereocenters. The van der Waals surface area contributed by atoms with Crippen molar-refractivity contribution in [2.75, 3.05) is 19.7 Å². The molecule has 134 valence electrons. The summed E-state index contributed by atoms with van der Waals surface area (Å²) in [5.74, 6) is 0. The molecule has 1 fully saturated rings. The van der Waals surface area contributed by atoms with Crippen LogP contribution in [-0.2, 0) is 10.3 Å². The summed E-state index contributed by atoms with van der Waals surface area (Å²) in [4.78, 5) is 13.3. The number of rotatable bonds is 2. The first-order valence-corrected chi connectivity index (χ1v) is 8.68. The molecule has 0 aliphatic carbocycles. The highest BCUT2D eigenvalue weighted by molar-refractivity contribution is 6.42. The lowest BCUT2D eigenvalue weighted by molar-refractivity contribution is -0.107. The molecule has 3 N–H and O–H groups in total. The molecule has 24 heavy (non-hydrogen) atoms. The van der Waals surface area contributed by atoms with Crippen LogP contribution in [0.5, 0.6) is 0 Å². The fraction of sp³-hybridized carbons (Fsp3) is 0.588. The number of ether oxygens (including phenoxy) is 1. The van der Waals surface area contributed by atoms with Gasteiger partial charge in [-0.2, -0.15) is 0 Å². The Balaban J connectivity index is 2.68. The molecule has 0 saturated carbocycles. The molecule has 2 rings (SSSR count). The topological polar surface area (TPSA) is 75.8 Å². The van der Waals surface area contributed by atoms with Crippen LogP contribution < -0.4 is 5.73 Å². The van der Waals surface area contributed by atoms with Gasteiger partial charge in [0.15, 0.2) is 0 Å². The maximum atomic E-state index is 11.9. The van der Waals surface area contributed by atoms with Gasteiger partial charge in [-0.25, -0.2) is 4.79 Å². The minimum atomic E-state index is -0.985. The van der Waals surface area contributed by atoms with Gasteiger partial charge in [0.25, 0.3) is 0 Å². The van der Waals surface area contributed by atoms with Crippen LogP contribution in [0.3, 0.4) is 0 Å². The number of carbonyl (C=O) groups is 1. The first-order valence-electron chi connectivity index (χ1n) is 7.92. The first-order chi connectivity index (χ1) is 11.1. The lowest BCUT2D eigenvalue weighted by atomic mass is 9.72. The van der Waals surface area contributed by atoms with E-state index in [0.717, 1.165) is 5.56 Å². The Morgan fingerprint density at radius 1 is 1.42 bits per heavy atom. The van der Waals surface area contributed by atoms with Gasteiger partial charge in [0.2, 0.25) is 0 Å². The van der Waals surface area contributed by atoms with E-state index in [9.17, 15) is 9.90 Å². The molecular weight excluding hydrogens is 351 g/mol. The highest BCUT2D eigenvalue weighted by Gasteiger charge is 2.52. The fourth-order valence-corrected chi connectivity index (χ4v) is 3.91. The van der Waals surface area contributed by atoms with Crippen LogP contribution in [0.15, 0.2) is 18.2 Å². The Morgan fingerprint density at radius 3 is 2.58 bits per heavy atom. The van der Waals surface area contributed by atoms with Gasteiger partial charge in [-0.1, -0.05) is 50.0 Å². The van der Waals surface area contributed by atoms with Crippen molar-refractivity contribution in [3.63, 3.8) is 0 Å². The van der Waals surface area contributed by atoms with E-state index >= 15 is 0 Å². The summed E-state index contributed by atoms with van der Waals surface area (Å²) in [5.41, 5.74) is 5.52. The van der Waals surface area contributed by atoms with Crippen molar-refractivity contribution in [2.24, 2.45) is 11.1 Å². The summed E-state index contributed by atoms with van der Waals surface area (Å²) < 4.78 is 6.21. The molecule has 0 radical (unpaired) electrons. The van der Waals surface area contributed by atoms with Crippen molar-refractivity contribution in [1.29, 1.82) is 0 Å². The van der Waals surface area contributed by atoms with Crippen LogP contribution in [0.4, 0.5) is 4.79 Å². The average Bonchev–Trinajstić information content (AvgIpc) is 2.70. The third kappa shape index (κ3) is 3.49. The highest BCUT2D eigenvalue weighted by atomic mass is 35.5. The van der Waals surface area contributed by atoms with Crippen molar-refractivity contribution < 1.29 is 14.6 Å². The maximum absolute atomic E-state index is 11.9. The zero-order valence-electron chi connectivity index (χ0n) is 14.2. The number of carboxylic acid groups (broad SMARTS) is 1. The van der Waals surface area contributed by atoms with Gasteiger partial charge in [-0.3, -0.25) is 0 Å². The van der Waals surface area contributed by atoms with E-state index in [1.807, 2.05) is 26.8 Å². The largest absolute Gasteiger partial charge is 0.465 e. The zero-order valence-corrected chi connectivity index (χ0v) is 15.7. The number of hydrogen-bond acceptors (Lipinski definition) is 3. The first kappa shape index (κ1) is 19.3. The van der Waals surface area contributed by atoms with E-state index in [1.54, 1.807) is 12.1 Å². The van der Waals surface area contributed by atoms with E-state index in [2.05, 4.69) is 0 Å². The lowest BCUT2D eigenvalue weighted by Gasteiger charge is -2.49. The van der Waals surface area contributed by atoms with Gasteiger partial charge in [0.05, 0.1) is 16.1 Å². The molecule has 0 aromatic heterocycles. The summed E-state index contributed by atoms with van der Waals surface area (Å²) in [6, 6.07) is 4.76. The second-order valence-corrected chi connectivity index (χ2v) is 7.98. The van der Waals surface area contributed by atoms with Gasteiger partial charge < -0.3 is 20.5 Å². The van der Waals surface area contributed by atoms with Crippen LogP contribution >= 0.6 is 23.2 Å². The fourth-order valence-electron chi connectivity index (χ4n) is 3.61. The maximum Gasteiger partial charge on any atom is 0.407 e. The minimum absolute atomic E-state index is 0.136. The Morgan fingerprint density at radius 2 is 2.08 bits per heavy atom. The van der Waals surface area contributed by atoms with Crippen LogP contribution in [0.1, 0.15) is 32.8 Å². The SMILES string of the molecule is CC(C)(C)C1N(C(=O)O)CCCOC1(CN)c1ccc(Cl)c(Cl)c1. The molecule has 1 heterocycles. The molecule has 0 bridgehead atoms. The Hall–Kier alpha value is -1.01. The van der Waals surface area contributed by atoms with Crippen molar-refractivity contribution in [2.45, 2.75) is 38.8 Å². The molecule has 1 amide bonds. The van der Waals surface area contributed by atoms with E-state index in [1.165, 1.54) is 4.90 Å². The number of nitrogens with zero attached hydrogens (tertiary/aromatic N) is 1. The molecule has 7 heteroatoms. The van der Waals surface area contributed by atoms with Gasteiger partial charge in [0.1, 0.15) is 5.60 Å². The van der Waals surface area contributed by atoms with E-state index < -0.39 is 23.2 Å². The van der Waals surface area contributed by atoms with Crippen molar-refractivity contribution in [3.05, 3.63) is 33.8 Å². The highest BCUT2D eigenvalue weighted by Crippen LogP contribution is 2.44. The van der Waals surface area contributed by atoms with Crippen LogP contribution in [0, 0.1) is 5.41 Å². The molecule has 2 unspecified atom stereocenters. The van der Waals surface area contributed by atoms with Crippen molar-refractivity contribution >= 4 is 29.3 Å². The summed E-state index contributed by atoms with van der Waals surface area (Å²) >= 11 is 12.2. The lowest BCUT2D eigenvalue weighted by Crippen LogP contribution is -2.61. The Kier molecular flexibility index (Phi) is 5.70. The number of hydrogen-bond donors (Lipinski definition) is 2. The summed E-state index contributed by atoms with van der Waals surface area (Å²) in [7, 11) is 0. The van der Waals surface area contributed by atoms with Gasteiger partial charge in [-0.15, -0.1) is 0 Å². The van der Waals surface area contributed by atoms with Gasteiger partial charge >= 0.3 is 6.09 Å². The number of nitrogens with two attached hydrogens (primary N) is 1. The molecule has 1 aliphatic rings. The van der Waals surface area contributed by atoms with Crippen molar-refractivity contribution in [3.8, 4) is 0 Å². The summed E-state index contributed by atoms with van der Waals surface area (Å²) in [6.07, 6.45) is -0.361. The monoisotopic (exact) mass is 374 g/mol. The molecule has 1 aliphatic heterocycles. The molecule has 0 spiro atoms. The summed E-state index contributed by atoms with van der Waals surface area (Å²) in [6.45, 7) is 6.93. The van der Waals surface area contributed by atoms with E-state index in [-0.39, 0.29) is 6.54 Å². The van der Waals surface area contributed by atoms with Crippen LogP contribution in [0.2, 0.25) is 10.0 Å². The Bertz CT molecular complexity index is 618. The standard InChI is InChI=1S/C17H24Cl2N2O3/c1-16(2,3)14-17(10-20,11-5-6-12(18)13(19)9-11)24-8-4-7-21(14)15(22)23/h5-6,9,14H,4,7-8,10,20H2,1-3H3,(H,22,23). The van der Waals surface area contributed by atoms with E-state index in [0.29, 0.717) is 29.6 Å². The average molecular weight is 375 g/mol. The quantitative estimate of drug-likeness (QED) is 0.820. The predicted molar refractivity (Wildman–Crippen MR) is 95.7 cm³/mol. The predicted octanol–water partition coefficient (Wildman–Crippen LogP) is 3.96. The second kappa shape index (κ2) is 7.08. The summed E-state index contributed by atoms with van der Waals surface area (Å²) in [5, 5.41) is 10.6. The van der Waals surface area contributed by atoms with E-state index in [4.69, 9.17) is 33.7 Å². The molecule has 5 nitrogen and oxygen atoms in total. The third-order valence-corrected chi connectivity index (χ3v) is 5.17. The smallest absolute Gasteiger partial charge is 0.407 e. The second-order valence-electron chi connectivity index (χ2n) is 7.17. The zero-order chi connectivity index (χ0) is 18.1. The molecule has 1 saturated heterocycles. The minimum Gasteiger partial charge on any atom is -0.465 e. The van der Waals surface area contributed by atoms with Crippen LogP contribution in [-0.4, -0.2) is 41.8 Å². The number of benzene rings is 1. The number of amides is 1. The van der Waals surface area contributed by atoms with Crippen molar-refractivity contribution in [1.82, 2.24) is 4.90 Å². The number of halogens is 2. The molecule has 1 aromatic carbocycles. The molecular formula is C17H24Cl2N2O3. The van der Waals surface area contributed by atoms with Gasteiger partial charge in [0, 0.05) is 19.7 Å². The Labute approximate surface area is 152 Å².